The monoisotopic (exact) mass is 343 g/mol. The fourth-order valence-electron chi connectivity index (χ4n) is 2.31. The summed E-state index contributed by atoms with van der Waals surface area (Å²) in [5.41, 5.74) is 7.54. The lowest BCUT2D eigenvalue weighted by Crippen LogP contribution is -2.25. The Morgan fingerprint density at radius 3 is 2.36 bits per heavy atom. The second-order valence-electron chi connectivity index (χ2n) is 6.11. The second-order valence-corrected chi connectivity index (χ2v) is 6.11. The van der Waals surface area contributed by atoms with Crippen molar-refractivity contribution < 1.29 is 4.79 Å². The third-order valence-electron chi connectivity index (χ3n) is 3.97. The van der Waals surface area contributed by atoms with Gasteiger partial charge >= 0.3 is 0 Å². The summed E-state index contributed by atoms with van der Waals surface area (Å²) in [5.74, 6) is 1.28. The second kappa shape index (κ2) is 7.89. The molecule has 0 bridgehead atoms. The summed E-state index contributed by atoms with van der Waals surface area (Å²) in [6.45, 7) is 2.71. The van der Waals surface area contributed by atoms with E-state index in [-0.39, 0.29) is 17.9 Å². The highest BCUT2D eigenvalue weighted by atomic mass is 16.1. The number of hydrogen-bond donors (Lipinski definition) is 2. The van der Waals surface area contributed by atoms with Crippen molar-refractivity contribution in [1.29, 1.82) is 0 Å². The zero-order valence-corrected chi connectivity index (χ0v) is 15.3. The Morgan fingerprint density at radius 1 is 1.16 bits per heavy atom. The number of hydrogen-bond acceptors (Lipinski definition) is 7. The predicted molar refractivity (Wildman–Crippen MR) is 98.3 cm³/mol. The zero-order valence-electron chi connectivity index (χ0n) is 15.3. The molecule has 0 unspecified atom stereocenters. The first-order chi connectivity index (χ1) is 11.8. The van der Waals surface area contributed by atoms with Crippen molar-refractivity contribution in [2.75, 3.05) is 38.8 Å². The van der Waals surface area contributed by atoms with Gasteiger partial charge in [-0.15, -0.1) is 0 Å². The number of rotatable bonds is 6. The minimum atomic E-state index is -0.0925. The fourth-order valence-corrected chi connectivity index (χ4v) is 2.31. The summed E-state index contributed by atoms with van der Waals surface area (Å²) in [5, 5.41) is 2.61. The minimum Gasteiger partial charge on any atom is -0.368 e. The summed E-state index contributed by atoms with van der Waals surface area (Å²) in [7, 11) is 7.34. The Morgan fingerprint density at radius 2 is 1.80 bits per heavy atom. The summed E-state index contributed by atoms with van der Waals surface area (Å²) >= 11 is 0. The minimum absolute atomic E-state index is 0.0392. The van der Waals surface area contributed by atoms with Crippen LogP contribution in [0.25, 0.3) is 0 Å². The highest BCUT2D eigenvalue weighted by Crippen LogP contribution is 2.20. The lowest BCUT2D eigenvalue weighted by Gasteiger charge is -2.24. The summed E-state index contributed by atoms with van der Waals surface area (Å²) in [6.07, 6.45) is 0. The Kier molecular flexibility index (Phi) is 5.87. The number of carbonyl (C=O) groups is 1. The number of amides is 1. The van der Waals surface area contributed by atoms with Crippen LogP contribution in [0.1, 0.15) is 34.7 Å². The van der Waals surface area contributed by atoms with Crippen LogP contribution in [0.5, 0.6) is 0 Å². The van der Waals surface area contributed by atoms with Gasteiger partial charge in [-0.2, -0.15) is 15.0 Å². The molecule has 134 valence electrons. The van der Waals surface area contributed by atoms with Crippen molar-refractivity contribution in [1.82, 2.24) is 25.2 Å². The predicted octanol–water partition coefficient (Wildman–Crippen LogP) is 1.07. The summed E-state index contributed by atoms with van der Waals surface area (Å²) in [4.78, 5) is 28.4. The van der Waals surface area contributed by atoms with Crippen molar-refractivity contribution in [3.05, 3.63) is 41.2 Å². The Labute approximate surface area is 148 Å². The first-order valence-electron chi connectivity index (χ1n) is 8.02. The standard InChI is InChI=1S/C17H25N7O/c1-11(14-20-16(18)22-17(21-14)23(3)4)24(5)10-12-6-8-13(9-7-12)15(25)19-2/h6-9,11H,10H2,1-5H3,(H,19,25)(H2,18,20,21,22)/t11-/m1/s1. The Bertz CT molecular complexity index is 730. The molecular weight excluding hydrogens is 318 g/mol. The normalized spacial score (nSPS) is 12.1. The van der Waals surface area contributed by atoms with Gasteiger partial charge in [0, 0.05) is 33.3 Å². The lowest BCUT2D eigenvalue weighted by atomic mass is 10.1. The van der Waals surface area contributed by atoms with Crippen molar-refractivity contribution >= 4 is 17.8 Å². The van der Waals surface area contributed by atoms with E-state index in [0.717, 1.165) is 5.56 Å². The number of anilines is 2. The Balaban J connectivity index is 2.12. The van der Waals surface area contributed by atoms with Gasteiger partial charge in [-0.1, -0.05) is 12.1 Å². The van der Waals surface area contributed by atoms with E-state index in [1.165, 1.54) is 0 Å². The molecule has 1 aromatic carbocycles. The lowest BCUT2D eigenvalue weighted by molar-refractivity contribution is 0.0963. The van der Waals surface area contributed by atoms with E-state index in [1.54, 1.807) is 11.9 Å². The highest BCUT2D eigenvalue weighted by Gasteiger charge is 2.17. The van der Waals surface area contributed by atoms with Crippen molar-refractivity contribution in [3.63, 3.8) is 0 Å². The van der Waals surface area contributed by atoms with E-state index in [2.05, 4.69) is 25.2 Å². The highest BCUT2D eigenvalue weighted by molar-refractivity contribution is 5.93. The Hall–Kier alpha value is -2.74. The molecule has 0 aliphatic carbocycles. The number of benzene rings is 1. The molecule has 3 N–H and O–H groups in total. The van der Waals surface area contributed by atoms with Gasteiger partial charge in [0.25, 0.3) is 5.91 Å². The number of carbonyl (C=O) groups excluding carboxylic acids is 1. The van der Waals surface area contributed by atoms with E-state index in [4.69, 9.17) is 5.73 Å². The fraction of sp³-hybridized carbons (Fsp3) is 0.412. The van der Waals surface area contributed by atoms with Gasteiger partial charge in [-0.3, -0.25) is 9.69 Å². The molecular formula is C17H25N7O. The van der Waals surface area contributed by atoms with Crippen LogP contribution in [0.15, 0.2) is 24.3 Å². The van der Waals surface area contributed by atoms with Crippen LogP contribution >= 0.6 is 0 Å². The van der Waals surface area contributed by atoms with Gasteiger partial charge in [0.1, 0.15) is 0 Å². The zero-order chi connectivity index (χ0) is 18.6. The number of nitrogens with one attached hydrogen (secondary N) is 1. The maximum Gasteiger partial charge on any atom is 0.251 e. The third-order valence-corrected chi connectivity index (χ3v) is 3.97. The molecule has 0 aliphatic rings. The van der Waals surface area contributed by atoms with Gasteiger partial charge in [-0.25, -0.2) is 0 Å². The van der Waals surface area contributed by atoms with Crippen LogP contribution in [-0.4, -0.2) is 53.9 Å². The van der Waals surface area contributed by atoms with Gasteiger partial charge < -0.3 is 16.0 Å². The molecule has 0 aliphatic heterocycles. The molecule has 8 nitrogen and oxygen atoms in total. The van der Waals surface area contributed by atoms with Gasteiger partial charge in [0.2, 0.25) is 11.9 Å². The topological polar surface area (TPSA) is 100 Å². The van der Waals surface area contributed by atoms with Crippen molar-refractivity contribution in [2.45, 2.75) is 19.5 Å². The van der Waals surface area contributed by atoms with Crippen molar-refractivity contribution in [2.24, 2.45) is 0 Å². The molecule has 8 heteroatoms. The van der Waals surface area contributed by atoms with Crippen LogP contribution in [0.4, 0.5) is 11.9 Å². The molecule has 0 fully saturated rings. The van der Waals surface area contributed by atoms with E-state index in [9.17, 15) is 4.79 Å². The molecule has 1 amide bonds. The third kappa shape index (κ3) is 4.63. The van der Waals surface area contributed by atoms with E-state index < -0.39 is 0 Å². The molecule has 2 aromatic rings. The summed E-state index contributed by atoms with van der Waals surface area (Å²) in [6, 6.07) is 7.49. The molecule has 0 radical (unpaired) electrons. The van der Waals surface area contributed by atoms with Gasteiger partial charge in [0.05, 0.1) is 6.04 Å². The number of nitrogens with zero attached hydrogens (tertiary/aromatic N) is 5. The molecule has 25 heavy (non-hydrogen) atoms. The van der Waals surface area contributed by atoms with Crippen LogP contribution in [0.2, 0.25) is 0 Å². The quantitative estimate of drug-likeness (QED) is 0.809. The largest absolute Gasteiger partial charge is 0.368 e. The smallest absolute Gasteiger partial charge is 0.251 e. The van der Waals surface area contributed by atoms with Crippen LogP contribution in [-0.2, 0) is 6.54 Å². The van der Waals surface area contributed by atoms with Gasteiger partial charge in [0.15, 0.2) is 5.82 Å². The van der Waals surface area contributed by atoms with Crippen LogP contribution in [0, 0.1) is 0 Å². The number of nitrogens with two attached hydrogens (primary N) is 1. The van der Waals surface area contributed by atoms with E-state index in [0.29, 0.717) is 23.9 Å². The molecule has 1 atom stereocenters. The molecule has 0 spiro atoms. The molecule has 0 saturated heterocycles. The maximum atomic E-state index is 11.6. The van der Waals surface area contributed by atoms with E-state index >= 15 is 0 Å². The van der Waals surface area contributed by atoms with E-state index in [1.807, 2.05) is 52.3 Å². The van der Waals surface area contributed by atoms with Crippen LogP contribution < -0.4 is 16.0 Å². The average molecular weight is 343 g/mol. The molecule has 1 heterocycles. The average Bonchev–Trinajstić information content (AvgIpc) is 2.60. The van der Waals surface area contributed by atoms with Crippen LogP contribution in [0.3, 0.4) is 0 Å². The summed E-state index contributed by atoms with van der Waals surface area (Å²) < 4.78 is 0. The molecule has 1 aromatic heterocycles. The number of aromatic nitrogens is 3. The molecule has 0 saturated carbocycles. The maximum absolute atomic E-state index is 11.6. The first-order valence-corrected chi connectivity index (χ1v) is 8.02. The molecule has 2 rings (SSSR count). The SMILES string of the molecule is CNC(=O)c1ccc(CN(C)[C@H](C)c2nc(N)nc(N(C)C)n2)cc1. The number of nitrogen functional groups attached to an aromatic ring is 1. The first kappa shape index (κ1) is 18.6. The van der Waals surface area contributed by atoms with Gasteiger partial charge in [-0.05, 0) is 31.7 Å². The van der Waals surface area contributed by atoms with Crippen molar-refractivity contribution in [3.8, 4) is 0 Å².